The van der Waals surface area contributed by atoms with Crippen LogP contribution in [0, 0.1) is 0 Å². The minimum absolute atomic E-state index is 0.163. The molecule has 1 aromatic carbocycles. The Morgan fingerprint density at radius 3 is 3.00 bits per heavy atom. The van der Waals surface area contributed by atoms with Crippen molar-refractivity contribution in [3.63, 3.8) is 0 Å². The van der Waals surface area contributed by atoms with Crippen LogP contribution in [0.1, 0.15) is 10.4 Å². The van der Waals surface area contributed by atoms with Gasteiger partial charge in [0, 0.05) is 48.8 Å². The molecule has 6 nitrogen and oxygen atoms in total. The van der Waals surface area contributed by atoms with Crippen molar-refractivity contribution in [1.82, 2.24) is 15.2 Å². The summed E-state index contributed by atoms with van der Waals surface area (Å²) in [5, 5.41) is 13.8. The van der Waals surface area contributed by atoms with Crippen molar-refractivity contribution < 1.29 is 14.6 Å². The number of fused-ring (bicyclic) bond motifs is 1. The molecule has 0 aliphatic carbocycles. The Bertz CT molecular complexity index is 634. The number of hydrogen-bond donors (Lipinski definition) is 3. The van der Waals surface area contributed by atoms with Crippen molar-refractivity contribution in [3.05, 3.63) is 36.0 Å². The number of benzene rings is 1. The van der Waals surface area contributed by atoms with Gasteiger partial charge >= 0.3 is 0 Å². The molecule has 1 aliphatic heterocycles. The summed E-state index contributed by atoms with van der Waals surface area (Å²) in [6.45, 7) is 3.87. The first-order chi connectivity index (χ1) is 10.7. The molecule has 2 aromatic rings. The van der Waals surface area contributed by atoms with Crippen molar-refractivity contribution in [3.8, 4) is 0 Å². The Labute approximate surface area is 129 Å². The topological polar surface area (TPSA) is 77.6 Å². The first kappa shape index (κ1) is 15.0. The number of amides is 1. The fourth-order valence-electron chi connectivity index (χ4n) is 2.65. The number of carbonyl (C=O) groups excluding carboxylic acids is 1. The molecule has 118 valence electrons. The third-order valence-electron chi connectivity index (χ3n) is 3.89. The van der Waals surface area contributed by atoms with Crippen LogP contribution < -0.4 is 5.32 Å². The van der Waals surface area contributed by atoms with Gasteiger partial charge in [0.25, 0.3) is 5.91 Å². The van der Waals surface area contributed by atoms with Crippen LogP contribution in [-0.4, -0.2) is 66.4 Å². The number of hydrogen-bond acceptors (Lipinski definition) is 4. The number of aliphatic hydroxyl groups excluding tert-OH is 1. The third-order valence-corrected chi connectivity index (χ3v) is 3.89. The third kappa shape index (κ3) is 3.65. The summed E-state index contributed by atoms with van der Waals surface area (Å²) in [5.41, 5.74) is 1.61. The van der Waals surface area contributed by atoms with Crippen LogP contribution in [-0.2, 0) is 4.74 Å². The SMILES string of the molecule is O=C(NCC(O)CN1CCOCC1)c1ccc2[nH]ccc2c1. The van der Waals surface area contributed by atoms with E-state index in [1.165, 1.54) is 0 Å². The minimum Gasteiger partial charge on any atom is -0.390 e. The van der Waals surface area contributed by atoms with Gasteiger partial charge in [-0.25, -0.2) is 0 Å². The highest BCUT2D eigenvalue weighted by Crippen LogP contribution is 2.14. The Balaban J connectivity index is 1.50. The summed E-state index contributed by atoms with van der Waals surface area (Å²) in [6.07, 6.45) is 1.27. The average molecular weight is 303 g/mol. The van der Waals surface area contributed by atoms with Gasteiger partial charge in [0.1, 0.15) is 0 Å². The maximum Gasteiger partial charge on any atom is 0.251 e. The highest BCUT2D eigenvalue weighted by molar-refractivity contribution is 5.98. The van der Waals surface area contributed by atoms with Gasteiger partial charge in [0.15, 0.2) is 0 Å². The number of aromatic nitrogens is 1. The molecule has 3 rings (SSSR count). The van der Waals surface area contributed by atoms with Crippen LogP contribution >= 0.6 is 0 Å². The number of nitrogens with one attached hydrogen (secondary N) is 2. The van der Waals surface area contributed by atoms with E-state index in [2.05, 4.69) is 15.2 Å². The minimum atomic E-state index is -0.571. The second-order valence-corrected chi connectivity index (χ2v) is 5.56. The molecular weight excluding hydrogens is 282 g/mol. The first-order valence-corrected chi connectivity index (χ1v) is 7.56. The fraction of sp³-hybridized carbons (Fsp3) is 0.438. The summed E-state index contributed by atoms with van der Waals surface area (Å²) in [4.78, 5) is 17.4. The molecule has 1 fully saturated rings. The van der Waals surface area contributed by atoms with Crippen molar-refractivity contribution >= 4 is 16.8 Å². The summed E-state index contributed by atoms with van der Waals surface area (Å²) in [5.74, 6) is -0.163. The van der Waals surface area contributed by atoms with Gasteiger partial charge in [-0.15, -0.1) is 0 Å². The van der Waals surface area contributed by atoms with Gasteiger partial charge in [-0.3, -0.25) is 9.69 Å². The number of ether oxygens (including phenoxy) is 1. The van der Waals surface area contributed by atoms with Crippen molar-refractivity contribution in [2.75, 3.05) is 39.4 Å². The molecule has 6 heteroatoms. The molecule has 0 spiro atoms. The zero-order valence-electron chi connectivity index (χ0n) is 12.4. The van der Waals surface area contributed by atoms with Gasteiger partial charge < -0.3 is 20.1 Å². The second kappa shape index (κ2) is 6.91. The molecule has 22 heavy (non-hydrogen) atoms. The van der Waals surface area contributed by atoms with Crippen molar-refractivity contribution in [1.29, 1.82) is 0 Å². The summed E-state index contributed by atoms with van der Waals surface area (Å²) < 4.78 is 5.27. The van der Waals surface area contributed by atoms with Crippen LogP contribution in [0.25, 0.3) is 10.9 Å². The monoisotopic (exact) mass is 303 g/mol. The summed E-state index contributed by atoms with van der Waals surface area (Å²) in [7, 11) is 0. The summed E-state index contributed by atoms with van der Waals surface area (Å²) in [6, 6.07) is 7.44. The van der Waals surface area contributed by atoms with E-state index in [1.807, 2.05) is 24.4 Å². The van der Waals surface area contributed by atoms with Crippen molar-refractivity contribution in [2.45, 2.75) is 6.10 Å². The zero-order valence-corrected chi connectivity index (χ0v) is 12.4. The highest BCUT2D eigenvalue weighted by atomic mass is 16.5. The number of carbonyl (C=O) groups is 1. The fourth-order valence-corrected chi connectivity index (χ4v) is 2.65. The van der Waals surface area contributed by atoms with Gasteiger partial charge in [0.2, 0.25) is 0 Å². The lowest BCUT2D eigenvalue weighted by molar-refractivity contribution is 0.0149. The molecule has 2 heterocycles. The van der Waals surface area contributed by atoms with Crippen LogP contribution in [0.5, 0.6) is 0 Å². The van der Waals surface area contributed by atoms with Gasteiger partial charge in [-0.2, -0.15) is 0 Å². The van der Waals surface area contributed by atoms with E-state index in [4.69, 9.17) is 4.74 Å². The smallest absolute Gasteiger partial charge is 0.251 e. The highest BCUT2D eigenvalue weighted by Gasteiger charge is 2.16. The lowest BCUT2D eigenvalue weighted by Crippen LogP contribution is -2.44. The molecule has 1 atom stereocenters. The van der Waals surface area contributed by atoms with Gasteiger partial charge in [0.05, 0.1) is 19.3 Å². The quantitative estimate of drug-likeness (QED) is 0.755. The lowest BCUT2D eigenvalue weighted by Gasteiger charge is -2.28. The van der Waals surface area contributed by atoms with E-state index in [0.717, 1.165) is 24.0 Å². The standard InChI is InChI=1S/C16H21N3O3/c20-14(11-19-5-7-22-8-6-19)10-18-16(21)13-1-2-15-12(9-13)3-4-17-15/h1-4,9,14,17,20H,5-8,10-11H2,(H,18,21). The van der Waals surface area contributed by atoms with E-state index >= 15 is 0 Å². The van der Waals surface area contributed by atoms with Crippen molar-refractivity contribution in [2.24, 2.45) is 0 Å². The lowest BCUT2D eigenvalue weighted by atomic mass is 10.1. The number of H-pyrrole nitrogens is 1. The van der Waals surface area contributed by atoms with E-state index < -0.39 is 6.10 Å². The van der Waals surface area contributed by atoms with Crippen LogP contribution in [0.4, 0.5) is 0 Å². The molecule has 0 bridgehead atoms. The van der Waals surface area contributed by atoms with E-state index in [1.54, 1.807) is 6.07 Å². The number of aromatic amines is 1. The van der Waals surface area contributed by atoms with E-state index in [0.29, 0.717) is 25.3 Å². The molecule has 3 N–H and O–H groups in total. The summed E-state index contributed by atoms with van der Waals surface area (Å²) >= 11 is 0. The molecular formula is C16H21N3O3. The number of β-amino-alcohol motifs (C(OH)–C–C–N with tert-alkyl or cyclic N) is 1. The molecule has 0 radical (unpaired) electrons. The number of morpholine rings is 1. The maximum absolute atomic E-state index is 12.1. The average Bonchev–Trinajstić information content (AvgIpc) is 3.01. The molecule has 0 saturated carbocycles. The molecule has 1 unspecified atom stereocenters. The largest absolute Gasteiger partial charge is 0.390 e. The van der Waals surface area contributed by atoms with Crippen LogP contribution in [0.2, 0.25) is 0 Å². The van der Waals surface area contributed by atoms with Crippen LogP contribution in [0.3, 0.4) is 0 Å². The second-order valence-electron chi connectivity index (χ2n) is 5.56. The number of rotatable bonds is 5. The molecule has 1 saturated heterocycles. The number of nitrogens with zero attached hydrogens (tertiary/aromatic N) is 1. The predicted octanol–water partition coefficient (Wildman–Crippen LogP) is 0.591. The Kier molecular flexibility index (Phi) is 4.72. The molecule has 1 amide bonds. The Morgan fingerprint density at radius 2 is 2.18 bits per heavy atom. The van der Waals surface area contributed by atoms with Gasteiger partial charge in [-0.1, -0.05) is 0 Å². The van der Waals surface area contributed by atoms with E-state index in [9.17, 15) is 9.90 Å². The van der Waals surface area contributed by atoms with Gasteiger partial charge in [-0.05, 0) is 24.3 Å². The number of aliphatic hydroxyl groups is 1. The predicted molar refractivity (Wildman–Crippen MR) is 83.9 cm³/mol. The zero-order chi connectivity index (χ0) is 15.4. The molecule has 1 aromatic heterocycles. The normalized spacial score (nSPS) is 17.5. The maximum atomic E-state index is 12.1. The van der Waals surface area contributed by atoms with E-state index in [-0.39, 0.29) is 12.5 Å². The Hall–Kier alpha value is -1.89. The van der Waals surface area contributed by atoms with Crippen LogP contribution in [0.15, 0.2) is 30.5 Å². The molecule has 1 aliphatic rings. The first-order valence-electron chi connectivity index (χ1n) is 7.56. The Morgan fingerprint density at radius 1 is 1.36 bits per heavy atom.